The maximum Gasteiger partial charge on any atom is 0.0843 e. The predicted octanol–water partition coefficient (Wildman–Crippen LogP) is 1.68. The van der Waals surface area contributed by atoms with E-state index >= 15 is 0 Å². The highest BCUT2D eigenvalue weighted by Gasteiger charge is 2.24. The van der Waals surface area contributed by atoms with Crippen LogP contribution >= 0.6 is 0 Å². The number of nitrogens with one attached hydrogen (secondary N) is 1. The van der Waals surface area contributed by atoms with Crippen molar-refractivity contribution in [1.82, 2.24) is 5.32 Å². The Hall–Kier alpha value is -0.550. The second-order valence-electron chi connectivity index (χ2n) is 3.24. The van der Waals surface area contributed by atoms with E-state index in [9.17, 15) is 0 Å². The Morgan fingerprint density at radius 1 is 1.55 bits per heavy atom. The summed E-state index contributed by atoms with van der Waals surface area (Å²) in [6, 6.07) is 2.75. The molecule has 11 heavy (non-hydrogen) atoms. The average Bonchev–Trinajstić information content (AvgIpc) is 2.47. The molecule has 0 aliphatic heterocycles. The van der Waals surface area contributed by atoms with Crippen molar-refractivity contribution < 1.29 is 0 Å². The number of nitriles is 1. The Labute approximate surface area is 68.6 Å². The summed E-state index contributed by atoms with van der Waals surface area (Å²) in [5, 5.41) is 11.6. The zero-order chi connectivity index (χ0) is 8.10. The lowest BCUT2D eigenvalue weighted by atomic mass is 10.0. The van der Waals surface area contributed by atoms with Gasteiger partial charge in [0.1, 0.15) is 0 Å². The molecule has 0 aromatic carbocycles. The first kappa shape index (κ1) is 8.55. The topological polar surface area (TPSA) is 35.8 Å². The van der Waals surface area contributed by atoms with Gasteiger partial charge < -0.3 is 5.32 Å². The molecule has 62 valence electrons. The molecule has 0 amide bonds. The van der Waals surface area contributed by atoms with Crippen molar-refractivity contribution in [2.24, 2.45) is 5.92 Å². The van der Waals surface area contributed by atoms with Crippen LogP contribution in [0, 0.1) is 17.2 Å². The van der Waals surface area contributed by atoms with Crippen LogP contribution in [0.5, 0.6) is 0 Å². The molecule has 0 unspecified atom stereocenters. The molecule has 1 saturated carbocycles. The minimum absolute atomic E-state index is 0.515. The second-order valence-corrected chi connectivity index (χ2v) is 3.24. The Balaban J connectivity index is 2.27. The Kier molecular flexibility index (Phi) is 3.38. The third-order valence-electron chi connectivity index (χ3n) is 2.63. The highest BCUT2D eigenvalue weighted by Crippen LogP contribution is 2.27. The number of hydrogen-bond acceptors (Lipinski definition) is 2. The minimum atomic E-state index is 0.515. The van der Waals surface area contributed by atoms with E-state index in [0.717, 1.165) is 5.92 Å². The van der Waals surface area contributed by atoms with Gasteiger partial charge >= 0.3 is 0 Å². The first-order valence-electron chi connectivity index (χ1n) is 4.48. The fraction of sp³-hybridized carbons (Fsp3) is 0.889. The van der Waals surface area contributed by atoms with E-state index in [2.05, 4.69) is 18.3 Å². The lowest BCUT2D eigenvalue weighted by molar-refractivity contribution is 0.405. The monoisotopic (exact) mass is 152 g/mol. The van der Waals surface area contributed by atoms with Crippen molar-refractivity contribution in [3.05, 3.63) is 0 Å². The highest BCUT2D eigenvalue weighted by atomic mass is 14.9. The molecule has 1 aliphatic carbocycles. The van der Waals surface area contributed by atoms with Gasteiger partial charge in [-0.3, -0.25) is 0 Å². The molecular weight excluding hydrogens is 136 g/mol. The number of hydrogen-bond donors (Lipinski definition) is 1. The van der Waals surface area contributed by atoms with Crippen LogP contribution in [0.4, 0.5) is 0 Å². The van der Waals surface area contributed by atoms with Crippen molar-refractivity contribution in [1.29, 1.82) is 5.26 Å². The average molecular weight is 152 g/mol. The van der Waals surface area contributed by atoms with Crippen LogP contribution in [-0.4, -0.2) is 12.6 Å². The van der Waals surface area contributed by atoms with E-state index in [1.165, 1.54) is 25.7 Å². The summed E-state index contributed by atoms with van der Waals surface area (Å²) in [5.41, 5.74) is 0. The van der Waals surface area contributed by atoms with Crippen LogP contribution < -0.4 is 5.32 Å². The summed E-state index contributed by atoms with van der Waals surface area (Å²) >= 11 is 0. The van der Waals surface area contributed by atoms with Gasteiger partial charge in [-0.05, 0) is 18.8 Å². The summed E-state index contributed by atoms with van der Waals surface area (Å²) in [6.45, 7) is 2.75. The van der Waals surface area contributed by atoms with Gasteiger partial charge in [0.15, 0.2) is 0 Å². The van der Waals surface area contributed by atoms with Gasteiger partial charge in [0, 0.05) is 6.04 Å². The maximum atomic E-state index is 8.37. The Bertz CT molecular complexity index is 148. The molecule has 0 heterocycles. The Morgan fingerprint density at radius 3 is 3.00 bits per heavy atom. The lowest BCUT2D eigenvalue weighted by Crippen LogP contribution is -2.32. The zero-order valence-corrected chi connectivity index (χ0v) is 7.14. The Morgan fingerprint density at radius 2 is 2.36 bits per heavy atom. The summed E-state index contributed by atoms with van der Waals surface area (Å²) < 4.78 is 0. The fourth-order valence-electron chi connectivity index (χ4n) is 1.97. The van der Waals surface area contributed by atoms with E-state index in [1.54, 1.807) is 0 Å². The van der Waals surface area contributed by atoms with E-state index in [1.807, 2.05) is 0 Å². The van der Waals surface area contributed by atoms with E-state index in [4.69, 9.17) is 5.26 Å². The summed E-state index contributed by atoms with van der Waals surface area (Å²) in [6.07, 6.45) is 5.20. The molecule has 0 spiro atoms. The SMILES string of the molecule is CC[C@H]1CCC[C@H]1NCC#N. The van der Waals surface area contributed by atoms with E-state index in [-0.39, 0.29) is 0 Å². The van der Waals surface area contributed by atoms with Crippen molar-refractivity contribution in [3.63, 3.8) is 0 Å². The van der Waals surface area contributed by atoms with Crippen LogP contribution in [-0.2, 0) is 0 Å². The molecule has 1 rings (SSSR count). The minimum Gasteiger partial charge on any atom is -0.301 e. The standard InChI is InChI=1S/C9H16N2/c1-2-8-4-3-5-9(8)11-7-6-10/h8-9,11H,2-5,7H2,1H3/t8-,9+/m0/s1. The van der Waals surface area contributed by atoms with Crippen LogP contribution in [0.3, 0.4) is 0 Å². The van der Waals surface area contributed by atoms with Crippen LogP contribution in [0.2, 0.25) is 0 Å². The molecule has 2 nitrogen and oxygen atoms in total. The molecule has 0 bridgehead atoms. The predicted molar refractivity (Wildman–Crippen MR) is 45.0 cm³/mol. The molecule has 0 aromatic heterocycles. The fourth-order valence-corrected chi connectivity index (χ4v) is 1.97. The second kappa shape index (κ2) is 4.35. The van der Waals surface area contributed by atoms with Crippen molar-refractivity contribution >= 4 is 0 Å². The number of rotatable bonds is 3. The van der Waals surface area contributed by atoms with Crippen LogP contribution in [0.15, 0.2) is 0 Å². The number of nitrogens with zero attached hydrogens (tertiary/aromatic N) is 1. The summed E-state index contributed by atoms with van der Waals surface area (Å²) in [5.74, 6) is 0.823. The van der Waals surface area contributed by atoms with Gasteiger partial charge in [0.05, 0.1) is 12.6 Å². The lowest BCUT2D eigenvalue weighted by Gasteiger charge is -2.17. The third kappa shape index (κ3) is 2.20. The molecule has 2 heteroatoms. The van der Waals surface area contributed by atoms with E-state index < -0.39 is 0 Å². The molecule has 1 aliphatic rings. The largest absolute Gasteiger partial charge is 0.301 e. The smallest absolute Gasteiger partial charge is 0.0843 e. The van der Waals surface area contributed by atoms with Gasteiger partial charge in [-0.15, -0.1) is 0 Å². The zero-order valence-electron chi connectivity index (χ0n) is 7.14. The summed E-state index contributed by atoms with van der Waals surface area (Å²) in [7, 11) is 0. The highest BCUT2D eigenvalue weighted by molar-refractivity contribution is 4.85. The molecule has 0 aromatic rings. The normalized spacial score (nSPS) is 30.2. The molecule has 1 N–H and O–H groups in total. The van der Waals surface area contributed by atoms with E-state index in [0.29, 0.717) is 12.6 Å². The van der Waals surface area contributed by atoms with Crippen molar-refractivity contribution in [2.75, 3.05) is 6.54 Å². The molecule has 2 atom stereocenters. The van der Waals surface area contributed by atoms with Crippen LogP contribution in [0.1, 0.15) is 32.6 Å². The van der Waals surface area contributed by atoms with Gasteiger partial charge in [-0.25, -0.2) is 0 Å². The first-order valence-corrected chi connectivity index (χ1v) is 4.48. The summed E-state index contributed by atoms with van der Waals surface area (Å²) in [4.78, 5) is 0. The molecular formula is C9H16N2. The van der Waals surface area contributed by atoms with Crippen molar-refractivity contribution in [3.8, 4) is 6.07 Å². The quantitative estimate of drug-likeness (QED) is 0.624. The van der Waals surface area contributed by atoms with Crippen molar-refractivity contribution in [2.45, 2.75) is 38.6 Å². The van der Waals surface area contributed by atoms with Gasteiger partial charge in [-0.1, -0.05) is 19.8 Å². The van der Waals surface area contributed by atoms with Gasteiger partial charge in [0.2, 0.25) is 0 Å². The molecule has 1 fully saturated rings. The first-order chi connectivity index (χ1) is 5.38. The molecule has 0 saturated heterocycles. The van der Waals surface area contributed by atoms with Crippen LogP contribution in [0.25, 0.3) is 0 Å². The van der Waals surface area contributed by atoms with Gasteiger partial charge in [0.25, 0.3) is 0 Å². The third-order valence-corrected chi connectivity index (χ3v) is 2.63. The maximum absolute atomic E-state index is 8.37. The van der Waals surface area contributed by atoms with Gasteiger partial charge in [-0.2, -0.15) is 5.26 Å². The molecule has 0 radical (unpaired) electrons.